The first-order valence-corrected chi connectivity index (χ1v) is 17.7. The molecule has 2 unspecified atom stereocenters. The van der Waals surface area contributed by atoms with Gasteiger partial charge in [-0.15, -0.1) is 6.58 Å². The molecule has 0 N–H and O–H groups in total. The Morgan fingerprint density at radius 2 is 1.11 bits per heavy atom. The molecule has 13 nitrogen and oxygen atoms in total. The monoisotopic (exact) mass is 752 g/mol. The van der Waals surface area contributed by atoms with Crippen molar-refractivity contribution >= 4 is 58.8 Å². The van der Waals surface area contributed by atoms with Gasteiger partial charge in [0.25, 0.3) is 0 Å². The maximum absolute atomic E-state index is 14.5. The lowest BCUT2D eigenvalue weighted by Gasteiger charge is -2.22. The second kappa shape index (κ2) is 14.1. The van der Waals surface area contributed by atoms with Crippen LogP contribution in [-0.4, -0.2) is 76.8 Å². The lowest BCUT2D eigenvalue weighted by atomic mass is 9.80. The number of carbonyl (C=O) groups is 8. The van der Waals surface area contributed by atoms with Gasteiger partial charge in [-0.25, -0.2) is 8.78 Å². The fourth-order valence-electron chi connectivity index (χ4n) is 7.99. The molecular weight excluding hydrogens is 718 g/mol. The van der Waals surface area contributed by atoms with Crippen molar-refractivity contribution in [3.8, 4) is 0 Å². The molecule has 6 amide bonds. The van der Waals surface area contributed by atoms with Crippen molar-refractivity contribution in [2.75, 3.05) is 29.4 Å². The molecule has 0 radical (unpaired) electrons. The molecule has 15 heteroatoms. The Balaban J connectivity index is 0.951. The molecule has 0 bridgehead atoms. The van der Waals surface area contributed by atoms with Gasteiger partial charge in [-0.3, -0.25) is 48.2 Å². The molecular formula is C40H34F2N4O9. The van der Waals surface area contributed by atoms with Gasteiger partial charge in [-0.1, -0.05) is 36.4 Å². The molecule has 55 heavy (non-hydrogen) atoms. The number of benzene rings is 3. The van der Waals surface area contributed by atoms with E-state index in [0.29, 0.717) is 5.56 Å². The SMILES string of the molecule is C=CCN1C(=O)CC2(C1=O)C(=O)N(CCCC(=O)OC(=O)CCCN1C(=O)C3(CC(=O)N(Cc4ccccc4)C3=O)c3cc(F)ccc31)c1ccc(F)cc12. The maximum atomic E-state index is 14.5. The molecule has 4 heterocycles. The van der Waals surface area contributed by atoms with Crippen molar-refractivity contribution < 1.29 is 51.9 Å². The zero-order valence-corrected chi connectivity index (χ0v) is 29.4. The number of rotatable bonds is 12. The lowest BCUT2D eigenvalue weighted by molar-refractivity contribution is -0.160. The number of hydrogen-bond donors (Lipinski definition) is 0. The number of anilines is 2. The number of amides is 6. The van der Waals surface area contributed by atoms with Gasteiger partial charge in [-0.05, 0) is 54.8 Å². The van der Waals surface area contributed by atoms with Gasteiger partial charge in [0.2, 0.25) is 35.4 Å². The Kier molecular flexibility index (Phi) is 9.49. The Bertz CT molecular complexity index is 2210. The average molecular weight is 753 g/mol. The van der Waals surface area contributed by atoms with Crippen molar-refractivity contribution in [1.82, 2.24) is 9.80 Å². The normalized spacial score (nSPS) is 21.4. The summed E-state index contributed by atoms with van der Waals surface area (Å²) in [7, 11) is 0. The summed E-state index contributed by atoms with van der Waals surface area (Å²) < 4.78 is 33.8. The van der Waals surface area contributed by atoms with Crippen molar-refractivity contribution in [2.24, 2.45) is 0 Å². The van der Waals surface area contributed by atoms with Crippen LogP contribution in [0.4, 0.5) is 20.2 Å². The van der Waals surface area contributed by atoms with E-state index in [0.717, 1.165) is 34.1 Å². The molecule has 3 aromatic rings. The first-order valence-electron chi connectivity index (χ1n) is 17.7. The summed E-state index contributed by atoms with van der Waals surface area (Å²) in [5, 5.41) is 0. The summed E-state index contributed by atoms with van der Waals surface area (Å²) in [5.41, 5.74) is -2.62. The minimum atomic E-state index is -1.95. The van der Waals surface area contributed by atoms with E-state index < -0.39 is 82.7 Å². The second-order valence-electron chi connectivity index (χ2n) is 13.8. The summed E-state index contributed by atoms with van der Waals surface area (Å²) in [6.45, 7) is 3.16. The second-order valence-corrected chi connectivity index (χ2v) is 13.8. The first-order chi connectivity index (χ1) is 26.3. The molecule has 282 valence electrons. The number of esters is 2. The van der Waals surface area contributed by atoms with Gasteiger partial charge < -0.3 is 14.5 Å². The topological polar surface area (TPSA) is 159 Å². The Morgan fingerprint density at radius 3 is 1.60 bits per heavy atom. The standard InChI is InChI=1S/C40H34F2N4O9/c1-2-16-45-31(47)21-39(37(45)53)27-19-25(41)12-14-29(27)43(35(39)51)17-6-10-33(49)55-34(50)11-7-18-44-30-15-13-26(42)20-28(30)40(36(44)52)22-32(48)46(38(40)54)23-24-8-4-3-5-9-24/h2-5,8-9,12-15,19-20H,1,6-7,10-11,16-18,21-23H2. The number of likely N-dealkylation sites (tertiary alicyclic amines) is 2. The summed E-state index contributed by atoms with van der Waals surface area (Å²) >= 11 is 0. The number of fused-ring (bicyclic) bond motifs is 4. The van der Waals surface area contributed by atoms with Crippen molar-refractivity contribution in [3.05, 3.63) is 108 Å². The minimum Gasteiger partial charge on any atom is -0.393 e. The predicted octanol–water partition coefficient (Wildman–Crippen LogP) is 3.37. The van der Waals surface area contributed by atoms with Crippen LogP contribution in [0.5, 0.6) is 0 Å². The van der Waals surface area contributed by atoms with E-state index >= 15 is 0 Å². The van der Waals surface area contributed by atoms with Gasteiger partial charge >= 0.3 is 11.9 Å². The predicted molar refractivity (Wildman–Crippen MR) is 189 cm³/mol. The highest BCUT2D eigenvalue weighted by molar-refractivity contribution is 6.29. The number of ether oxygens (including phenoxy) is 1. The molecule has 2 saturated heterocycles. The zero-order chi connectivity index (χ0) is 39.2. The third kappa shape index (κ3) is 5.99. The molecule has 4 aliphatic rings. The highest BCUT2D eigenvalue weighted by atomic mass is 19.1. The largest absolute Gasteiger partial charge is 0.393 e. The molecule has 0 saturated carbocycles. The minimum absolute atomic E-state index is 0.00496. The summed E-state index contributed by atoms with van der Waals surface area (Å²) in [4.78, 5) is 110. The van der Waals surface area contributed by atoms with E-state index in [2.05, 4.69) is 6.58 Å². The van der Waals surface area contributed by atoms with Gasteiger partial charge in [0, 0.05) is 55.0 Å². The summed E-state index contributed by atoms with van der Waals surface area (Å²) in [6, 6.07) is 15.8. The number of hydrogen-bond acceptors (Lipinski definition) is 9. The third-order valence-electron chi connectivity index (χ3n) is 10.5. The zero-order valence-electron chi connectivity index (χ0n) is 29.4. The van der Waals surface area contributed by atoms with Crippen LogP contribution in [-0.2, 0) is 60.5 Å². The van der Waals surface area contributed by atoms with Gasteiger partial charge in [0.05, 0.1) is 19.4 Å². The molecule has 7 rings (SSSR count). The molecule has 2 spiro atoms. The van der Waals surface area contributed by atoms with Crippen LogP contribution >= 0.6 is 0 Å². The number of halogens is 2. The van der Waals surface area contributed by atoms with E-state index in [1.807, 2.05) is 0 Å². The number of carbonyl (C=O) groups excluding carboxylic acids is 8. The van der Waals surface area contributed by atoms with Gasteiger partial charge in [-0.2, -0.15) is 0 Å². The van der Waals surface area contributed by atoms with E-state index in [4.69, 9.17) is 4.74 Å². The lowest BCUT2D eigenvalue weighted by Crippen LogP contribution is -2.46. The van der Waals surface area contributed by atoms with Crippen LogP contribution in [0.25, 0.3) is 0 Å². The van der Waals surface area contributed by atoms with E-state index in [1.165, 1.54) is 28.0 Å². The van der Waals surface area contributed by atoms with Crippen molar-refractivity contribution in [1.29, 1.82) is 0 Å². The van der Waals surface area contributed by atoms with Crippen LogP contribution in [0.3, 0.4) is 0 Å². The highest BCUT2D eigenvalue weighted by Crippen LogP contribution is 2.50. The van der Waals surface area contributed by atoms with Gasteiger partial charge in [0.1, 0.15) is 11.6 Å². The molecule has 0 aliphatic carbocycles. The molecule has 2 fully saturated rings. The van der Waals surface area contributed by atoms with E-state index in [9.17, 15) is 47.1 Å². The fourth-order valence-corrected chi connectivity index (χ4v) is 7.99. The quantitative estimate of drug-likeness (QED) is 0.117. The van der Waals surface area contributed by atoms with Crippen LogP contribution in [0, 0.1) is 11.6 Å². The average Bonchev–Trinajstić information content (AvgIpc) is 3.73. The molecule has 3 aromatic carbocycles. The van der Waals surface area contributed by atoms with Crippen LogP contribution in [0.1, 0.15) is 55.2 Å². The molecule has 0 aromatic heterocycles. The summed E-state index contributed by atoms with van der Waals surface area (Å²) in [6.07, 6.45) is -0.240. The Hall–Kier alpha value is -6.38. The number of nitrogens with zero attached hydrogens (tertiary/aromatic N) is 4. The third-order valence-corrected chi connectivity index (χ3v) is 10.5. The Morgan fingerprint density at radius 1 is 0.655 bits per heavy atom. The first kappa shape index (κ1) is 37.0. The highest BCUT2D eigenvalue weighted by Gasteiger charge is 2.65. The van der Waals surface area contributed by atoms with Crippen LogP contribution < -0.4 is 9.80 Å². The van der Waals surface area contributed by atoms with E-state index in [-0.39, 0.29) is 74.4 Å². The Labute approximate surface area is 313 Å². The van der Waals surface area contributed by atoms with Gasteiger partial charge in [0.15, 0.2) is 10.8 Å². The van der Waals surface area contributed by atoms with Crippen LogP contribution in [0.15, 0.2) is 79.4 Å². The molecule has 2 atom stereocenters. The smallest absolute Gasteiger partial charge is 0.313 e. The van der Waals surface area contributed by atoms with E-state index in [1.54, 1.807) is 30.3 Å². The molecule has 4 aliphatic heterocycles. The van der Waals surface area contributed by atoms with Crippen molar-refractivity contribution in [3.63, 3.8) is 0 Å². The number of imide groups is 2. The maximum Gasteiger partial charge on any atom is 0.313 e. The van der Waals surface area contributed by atoms with Crippen LogP contribution in [0.2, 0.25) is 0 Å². The fraction of sp³-hybridized carbons (Fsp3) is 0.300. The van der Waals surface area contributed by atoms with Crippen molar-refractivity contribution in [2.45, 2.75) is 55.9 Å². The summed E-state index contributed by atoms with van der Waals surface area (Å²) in [5.74, 6) is -7.36.